The van der Waals surface area contributed by atoms with Crippen molar-refractivity contribution in [1.82, 2.24) is 0 Å². The van der Waals surface area contributed by atoms with Crippen LogP contribution in [-0.4, -0.2) is 24.5 Å². The van der Waals surface area contributed by atoms with Crippen LogP contribution in [0, 0.1) is 15.9 Å². The average molecular weight is 270 g/mol. The van der Waals surface area contributed by atoms with Crippen molar-refractivity contribution < 1.29 is 18.8 Å². The maximum Gasteiger partial charge on any atom is 0.310 e. The molecule has 104 valence electrons. The minimum Gasteiger partial charge on any atom is -0.382 e. The van der Waals surface area contributed by atoms with Gasteiger partial charge in [-0.05, 0) is 31.9 Å². The minimum absolute atomic E-state index is 0.119. The van der Waals surface area contributed by atoms with Gasteiger partial charge in [-0.3, -0.25) is 14.9 Å². The summed E-state index contributed by atoms with van der Waals surface area (Å²) in [5, 5.41) is 13.3. The molecule has 6 nitrogen and oxygen atoms in total. The number of methoxy groups -OCH3 is 1. The molecule has 7 heteroatoms. The van der Waals surface area contributed by atoms with E-state index in [1.54, 1.807) is 6.92 Å². The van der Waals surface area contributed by atoms with Crippen LogP contribution in [0.25, 0.3) is 0 Å². The number of nitro groups is 1. The van der Waals surface area contributed by atoms with Crippen molar-refractivity contribution in [3.8, 4) is 0 Å². The number of halogens is 1. The Morgan fingerprint density at radius 1 is 1.58 bits per heavy atom. The number of anilines is 1. The molecule has 0 saturated heterocycles. The molecular formula is C12H15FN2O4. The van der Waals surface area contributed by atoms with Gasteiger partial charge in [0.15, 0.2) is 0 Å². The van der Waals surface area contributed by atoms with Gasteiger partial charge >= 0.3 is 5.69 Å². The van der Waals surface area contributed by atoms with Crippen LogP contribution in [0.4, 0.5) is 15.8 Å². The summed E-state index contributed by atoms with van der Waals surface area (Å²) in [6.45, 7) is 1.80. The highest BCUT2D eigenvalue weighted by molar-refractivity contribution is 5.76. The summed E-state index contributed by atoms with van der Waals surface area (Å²) in [6, 6.07) is 2.27. The Labute approximate surface area is 109 Å². The van der Waals surface area contributed by atoms with E-state index in [0.29, 0.717) is 12.8 Å². The van der Waals surface area contributed by atoms with Gasteiger partial charge < -0.3 is 10.1 Å². The second-order valence-electron chi connectivity index (χ2n) is 4.03. The molecule has 1 aromatic carbocycles. The van der Waals surface area contributed by atoms with E-state index in [0.717, 1.165) is 6.07 Å². The van der Waals surface area contributed by atoms with E-state index in [1.165, 1.54) is 13.2 Å². The summed E-state index contributed by atoms with van der Waals surface area (Å²) < 4.78 is 18.6. The summed E-state index contributed by atoms with van der Waals surface area (Å²) >= 11 is 0. The number of carbonyl (C=O) groups is 1. The number of ether oxygens (including phenoxy) is 1. The Bertz CT molecular complexity index is 479. The molecule has 0 fully saturated rings. The van der Waals surface area contributed by atoms with Crippen molar-refractivity contribution >= 4 is 17.8 Å². The van der Waals surface area contributed by atoms with Gasteiger partial charge in [0.2, 0.25) is 12.2 Å². The molecule has 0 spiro atoms. The fourth-order valence-electron chi connectivity index (χ4n) is 1.72. The number of benzene rings is 1. The van der Waals surface area contributed by atoms with Crippen molar-refractivity contribution in [2.75, 3.05) is 12.4 Å². The van der Waals surface area contributed by atoms with Gasteiger partial charge in [0.05, 0.1) is 22.3 Å². The Balaban J connectivity index is 3.17. The zero-order valence-corrected chi connectivity index (χ0v) is 10.7. The Morgan fingerprint density at radius 3 is 2.79 bits per heavy atom. The van der Waals surface area contributed by atoms with Crippen molar-refractivity contribution in [3.05, 3.63) is 33.6 Å². The zero-order chi connectivity index (χ0) is 14.4. The molecule has 1 aromatic rings. The van der Waals surface area contributed by atoms with Crippen LogP contribution >= 0.6 is 0 Å². The second kappa shape index (κ2) is 6.79. The number of hydrogen-bond acceptors (Lipinski definition) is 4. The van der Waals surface area contributed by atoms with E-state index in [2.05, 4.69) is 5.32 Å². The fourth-order valence-corrected chi connectivity index (χ4v) is 1.72. The number of rotatable bonds is 7. The Morgan fingerprint density at radius 2 is 2.26 bits per heavy atom. The van der Waals surface area contributed by atoms with E-state index >= 15 is 0 Å². The molecule has 0 aliphatic heterocycles. The van der Waals surface area contributed by atoms with Gasteiger partial charge in [0.1, 0.15) is 0 Å². The van der Waals surface area contributed by atoms with Crippen LogP contribution in [0.2, 0.25) is 0 Å². The molecule has 1 amide bonds. The van der Waals surface area contributed by atoms with Crippen LogP contribution in [0.3, 0.4) is 0 Å². The van der Waals surface area contributed by atoms with Gasteiger partial charge in [-0.2, -0.15) is 4.39 Å². The lowest BCUT2D eigenvalue weighted by atomic mass is 10.0. The SMILES string of the molecule is COC(C)CCc1c(NC=O)ccc(F)c1[N+](=O)[O-]. The molecular weight excluding hydrogens is 255 g/mol. The maximum absolute atomic E-state index is 13.5. The summed E-state index contributed by atoms with van der Waals surface area (Å²) in [7, 11) is 1.52. The molecule has 1 N–H and O–H groups in total. The molecule has 19 heavy (non-hydrogen) atoms. The van der Waals surface area contributed by atoms with Crippen molar-refractivity contribution in [2.24, 2.45) is 0 Å². The lowest BCUT2D eigenvalue weighted by Crippen LogP contribution is -2.10. The lowest BCUT2D eigenvalue weighted by molar-refractivity contribution is -0.388. The predicted octanol–water partition coefficient (Wildman–Crippen LogP) is 2.27. The first-order valence-corrected chi connectivity index (χ1v) is 5.70. The van der Waals surface area contributed by atoms with Crippen molar-refractivity contribution in [1.29, 1.82) is 0 Å². The second-order valence-corrected chi connectivity index (χ2v) is 4.03. The third-order valence-corrected chi connectivity index (χ3v) is 2.83. The fraction of sp³-hybridized carbons (Fsp3) is 0.417. The van der Waals surface area contributed by atoms with E-state index in [-0.39, 0.29) is 23.8 Å². The number of nitrogens with one attached hydrogen (secondary N) is 1. The van der Waals surface area contributed by atoms with Crippen LogP contribution < -0.4 is 5.32 Å². The Hall–Kier alpha value is -2.02. The maximum atomic E-state index is 13.5. The van der Waals surface area contributed by atoms with E-state index < -0.39 is 16.4 Å². The van der Waals surface area contributed by atoms with Crippen LogP contribution in [0.15, 0.2) is 12.1 Å². The van der Waals surface area contributed by atoms with Crippen LogP contribution in [0.1, 0.15) is 18.9 Å². The molecule has 0 aromatic heterocycles. The number of nitrogens with zero attached hydrogens (tertiary/aromatic N) is 1. The minimum atomic E-state index is -0.915. The van der Waals surface area contributed by atoms with Gasteiger partial charge in [-0.25, -0.2) is 0 Å². The van der Waals surface area contributed by atoms with Crippen LogP contribution in [-0.2, 0) is 16.0 Å². The third-order valence-electron chi connectivity index (χ3n) is 2.83. The number of amides is 1. The first-order chi connectivity index (χ1) is 9.01. The first kappa shape index (κ1) is 15.0. The third kappa shape index (κ3) is 3.72. The molecule has 0 aliphatic carbocycles. The zero-order valence-electron chi connectivity index (χ0n) is 10.7. The summed E-state index contributed by atoms with van der Waals surface area (Å²) in [6.07, 6.45) is 1.00. The van der Waals surface area contributed by atoms with Crippen LogP contribution in [0.5, 0.6) is 0 Å². The van der Waals surface area contributed by atoms with Gasteiger partial charge in [0, 0.05) is 7.11 Å². The molecule has 0 radical (unpaired) electrons. The number of hydrogen-bond donors (Lipinski definition) is 1. The van der Waals surface area contributed by atoms with Gasteiger partial charge in [-0.15, -0.1) is 0 Å². The number of carbonyl (C=O) groups excluding carboxylic acids is 1. The Kier molecular flexibility index (Phi) is 5.37. The smallest absolute Gasteiger partial charge is 0.310 e. The quantitative estimate of drug-likeness (QED) is 0.468. The predicted molar refractivity (Wildman–Crippen MR) is 67.5 cm³/mol. The van der Waals surface area contributed by atoms with Crippen molar-refractivity contribution in [2.45, 2.75) is 25.9 Å². The molecule has 0 aliphatic rings. The van der Waals surface area contributed by atoms with E-state index in [1.807, 2.05) is 0 Å². The van der Waals surface area contributed by atoms with Gasteiger partial charge in [0.25, 0.3) is 0 Å². The normalized spacial score (nSPS) is 11.9. The highest BCUT2D eigenvalue weighted by Gasteiger charge is 2.23. The molecule has 0 heterocycles. The molecule has 1 unspecified atom stereocenters. The first-order valence-electron chi connectivity index (χ1n) is 5.70. The van der Waals surface area contributed by atoms with Gasteiger partial charge in [-0.1, -0.05) is 0 Å². The highest BCUT2D eigenvalue weighted by Crippen LogP contribution is 2.30. The van der Waals surface area contributed by atoms with E-state index in [4.69, 9.17) is 4.74 Å². The van der Waals surface area contributed by atoms with Crippen molar-refractivity contribution in [3.63, 3.8) is 0 Å². The standard InChI is InChI=1S/C12H15FN2O4/c1-8(19-2)3-4-9-11(14-7-16)6-5-10(13)12(9)15(17)18/h5-8H,3-4H2,1-2H3,(H,14,16). The summed E-state index contributed by atoms with van der Waals surface area (Å²) in [4.78, 5) is 20.6. The molecule has 0 bridgehead atoms. The number of nitro benzene ring substituents is 1. The topological polar surface area (TPSA) is 81.5 Å². The van der Waals surface area contributed by atoms with E-state index in [9.17, 15) is 19.3 Å². The molecule has 1 atom stereocenters. The average Bonchev–Trinajstić information content (AvgIpc) is 2.38. The summed E-state index contributed by atoms with van der Waals surface area (Å²) in [5.74, 6) is -0.915. The highest BCUT2D eigenvalue weighted by atomic mass is 19.1. The monoisotopic (exact) mass is 270 g/mol. The lowest BCUT2D eigenvalue weighted by Gasteiger charge is -2.12. The summed E-state index contributed by atoms with van der Waals surface area (Å²) in [5.41, 5.74) is -0.192. The molecule has 0 saturated carbocycles. The largest absolute Gasteiger partial charge is 0.382 e. The molecule has 1 rings (SSSR count).